The Morgan fingerprint density at radius 2 is 2.21 bits per heavy atom. The monoisotopic (exact) mass is 343 g/mol. The molecule has 0 radical (unpaired) electrons. The summed E-state index contributed by atoms with van der Waals surface area (Å²) >= 11 is 0. The van der Waals surface area contributed by atoms with Crippen molar-refractivity contribution < 1.29 is 27.4 Å². The second kappa shape index (κ2) is 6.72. The normalized spacial score (nSPS) is 29.0. The zero-order valence-corrected chi connectivity index (χ0v) is 13.3. The lowest BCUT2D eigenvalue weighted by molar-refractivity contribution is -0.137. The summed E-state index contributed by atoms with van der Waals surface area (Å²) in [6, 6.07) is 4.85. The summed E-state index contributed by atoms with van der Waals surface area (Å²) in [7, 11) is 1.60. The van der Waals surface area contributed by atoms with Crippen LogP contribution in [-0.2, 0) is 26.9 Å². The summed E-state index contributed by atoms with van der Waals surface area (Å²) < 4.78 is 49.0. The van der Waals surface area contributed by atoms with Crippen LogP contribution in [0.1, 0.15) is 17.5 Å². The molecule has 1 heterocycles. The molecular formula is C17H20F3NO3. The minimum absolute atomic E-state index is 0.0317. The van der Waals surface area contributed by atoms with E-state index in [9.17, 15) is 18.0 Å². The maximum atomic E-state index is 12.7. The maximum absolute atomic E-state index is 12.7. The fourth-order valence-corrected chi connectivity index (χ4v) is 3.71. The third-order valence-corrected chi connectivity index (χ3v) is 4.83. The topological polar surface area (TPSA) is 47.6 Å². The molecule has 1 aromatic rings. The van der Waals surface area contributed by atoms with Crippen molar-refractivity contribution in [3.05, 3.63) is 35.4 Å². The summed E-state index contributed by atoms with van der Waals surface area (Å²) in [5.41, 5.74) is -0.387. The van der Waals surface area contributed by atoms with Gasteiger partial charge in [0.05, 0.1) is 24.7 Å². The first kappa shape index (κ1) is 17.2. The Morgan fingerprint density at radius 1 is 1.42 bits per heavy atom. The van der Waals surface area contributed by atoms with E-state index in [-0.39, 0.29) is 36.3 Å². The zero-order valence-electron chi connectivity index (χ0n) is 13.3. The molecule has 1 saturated carbocycles. The van der Waals surface area contributed by atoms with Gasteiger partial charge in [0.2, 0.25) is 5.91 Å². The van der Waals surface area contributed by atoms with Gasteiger partial charge in [0.1, 0.15) is 0 Å². The third kappa shape index (κ3) is 3.42. The van der Waals surface area contributed by atoms with Crippen LogP contribution in [0.15, 0.2) is 24.3 Å². The molecule has 1 saturated heterocycles. The highest BCUT2D eigenvalue weighted by atomic mass is 19.4. The lowest BCUT2D eigenvalue weighted by atomic mass is 9.67. The van der Waals surface area contributed by atoms with Gasteiger partial charge in [0.25, 0.3) is 0 Å². The summed E-state index contributed by atoms with van der Waals surface area (Å²) in [6.07, 6.45) is -3.47. The number of hydrogen-bond donors (Lipinski definition) is 1. The molecule has 3 rings (SSSR count). The molecule has 4 nitrogen and oxygen atoms in total. The molecule has 2 aliphatic rings. The van der Waals surface area contributed by atoms with E-state index in [0.717, 1.165) is 18.6 Å². The molecule has 1 aliphatic carbocycles. The van der Waals surface area contributed by atoms with E-state index in [4.69, 9.17) is 9.47 Å². The van der Waals surface area contributed by atoms with Crippen molar-refractivity contribution in [3.63, 3.8) is 0 Å². The fraction of sp³-hybridized carbons (Fsp3) is 0.588. The first-order valence-corrected chi connectivity index (χ1v) is 7.96. The number of fused-ring (bicyclic) bond motifs is 1. The molecular weight excluding hydrogens is 323 g/mol. The predicted octanol–water partition coefficient (Wildman–Crippen LogP) is 2.41. The third-order valence-electron chi connectivity index (χ3n) is 4.83. The van der Waals surface area contributed by atoms with Gasteiger partial charge >= 0.3 is 6.18 Å². The highest BCUT2D eigenvalue weighted by Gasteiger charge is 2.54. The van der Waals surface area contributed by atoms with E-state index >= 15 is 0 Å². The lowest BCUT2D eigenvalue weighted by Crippen LogP contribution is -2.62. The SMILES string of the molecule is COC[C@H]1[C@@H](NC(=O)Cc2cccc(C(F)(F)F)c2)[C@@H]2CCO[C@@H]21. The second-order valence-electron chi connectivity index (χ2n) is 6.38. The second-order valence-corrected chi connectivity index (χ2v) is 6.38. The maximum Gasteiger partial charge on any atom is 0.416 e. The summed E-state index contributed by atoms with van der Waals surface area (Å²) in [5.74, 6) is 0.106. The lowest BCUT2D eigenvalue weighted by Gasteiger charge is -2.47. The van der Waals surface area contributed by atoms with E-state index in [2.05, 4.69) is 5.32 Å². The van der Waals surface area contributed by atoms with Gasteiger partial charge in [0, 0.05) is 31.6 Å². The van der Waals surface area contributed by atoms with E-state index in [1.807, 2.05) is 0 Å². The highest BCUT2D eigenvalue weighted by Crippen LogP contribution is 2.43. The predicted molar refractivity (Wildman–Crippen MR) is 80.3 cm³/mol. The van der Waals surface area contributed by atoms with Crippen molar-refractivity contribution in [2.24, 2.45) is 11.8 Å². The van der Waals surface area contributed by atoms with Crippen molar-refractivity contribution in [2.75, 3.05) is 20.3 Å². The van der Waals surface area contributed by atoms with E-state index < -0.39 is 11.7 Å². The minimum Gasteiger partial charge on any atom is -0.384 e. The molecule has 1 N–H and O–H groups in total. The Bertz CT molecular complexity index is 605. The largest absolute Gasteiger partial charge is 0.416 e. The van der Waals surface area contributed by atoms with Crippen molar-refractivity contribution in [3.8, 4) is 0 Å². The van der Waals surface area contributed by atoms with Crippen LogP contribution in [0, 0.1) is 11.8 Å². The summed E-state index contributed by atoms with van der Waals surface area (Å²) in [6.45, 7) is 1.17. The molecule has 24 heavy (non-hydrogen) atoms. The van der Waals surface area contributed by atoms with Crippen molar-refractivity contribution in [2.45, 2.75) is 31.2 Å². The number of halogens is 3. The van der Waals surface area contributed by atoms with Crippen LogP contribution < -0.4 is 5.32 Å². The van der Waals surface area contributed by atoms with E-state index in [1.54, 1.807) is 7.11 Å². The number of amides is 1. The number of nitrogens with one attached hydrogen (secondary N) is 1. The van der Waals surface area contributed by atoms with Crippen molar-refractivity contribution in [1.82, 2.24) is 5.32 Å². The molecule has 1 aliphatic heterocycles. The average Bonchev–Trinajstić information content (AvgIpc) is 2.94. The Labute approximate surface area is 138 Å². The number of rotatable bonds is 5. The summed E-state index contributed by atoms with van der Waals surface area (Å²) in [5, 5.41) is 2.95. The van der Waals surface area contributed by atoms with Crippen LogP contribution in [-0.4, -0.2) is 38.4 Å². The number of ether oxygens (including phenoxy) is 2. The Hall–Kier alpha value is -1.60. The molecule has 0 unspecified atom stereocenters. The molecule has 0 aromatic heterocycles. The molecule has 4 atom stereocenters. The quantitative estimate of drug-likeness (QED) is 0.893. The van der Waals surface area contributed by atoms with Crippen LogP contribution in [0.3, 0.4) is 0 Å². The smallest absolute Gasteiger partial charge is 0.384 e. The van der Waals surface area contributed by atoms with Gasteiger partial charge < -0.3 is 14.8 Å². The molecule has 7 heteroatoms. The first-order valence-electron chi connectivity index (χ1n) is 7.96. The number of hydrogen-bond acceptors (Lipinski definition) is 3. The van der Waals surface area contributed by atoms with Gasteiger partial charge in [-0.15, -0.1) is 0 Å². The van der Waals surface area contributed by atoms with Crippen LogP contribution >= 0.6 is 0 Å². The minimum atomic E-state index is -4.40. The molecule has 0 spiro atoms. The standard InChI is InChI=1S/C17H20F3NO3/c1-23-9-13-15(12-5-6-24-16(12)13)21-14(22)8-10-3-2-4-11(7-10)17(18,19)20/h2-4,7,12-13,15-16H,5-6,8-9H2,1H3,(H,21,22)/t12-,13-,15-,16-/m0/s1. The molecule has 1 aromatic carbocycles. The molecule has 2 fully saturated rings. The van der Waals surface area contributed by atoms with Gasteiger partial charge in [-0.2, -0.15) is 13.2 Å². The van der Waals surface area contributed by atoms with E-state index in [1.165, 1.54) is 12.1 Å². The van der Waals surface area contributed by atoms with Crippen LogP contribution in [0.2, 0.25) is 0 Å². The number of benzene rings is 1. The van der Waals surface area contributed by atoms with Crippen molar-refractivity contribution in [1.29, 1.82) is 0 Å². The van der Waals surface area contributed by atoms with Crippen molar-refractivity contribution >= 4 is 5.91 Å². The Balaban J connectivity index is 1.61. The van der Waals surface area contributed by atoms with Gasteiger partial charge in [-0.1, -0.05) is 18.2 Å². The van der Waals surface area contributed by atoms with Crippen LogP contribution in [0.4, 0.5) is 13.2 Å². The Morgan fingerprint density at radius 3 is 2.92 bits per heavy atom. The number of alkyl halides is 3. The number of methoxy groups -OCH3 is 1. The molecule has 132 valence electrons. The number of carbonyl (C=O) groups is 1. The Kier molecular flexibility index (Phi) is 4.83. The molecule has 0 bridgehead atoms. The number of carbonyl (C=O) groups excluding carboxylic acids is 1. The summed E-state index contributed by atoms with van der Waals surface area (Å²) in [4.78, 5) is 12.2. The fourth-order valence-electron chi connectivity index (χ4n) is 3.71. The molecule has 1 amide bonds. The highest BCUT2D eigenvalue weighted by molar-refractivity contribution is 5.79. The van der Waals surface area contributed by atoms with E-state index in [0.29, 0.717) is 18.8 Å². The van der Waals surface area contributed by atoms with Crippen LogP contribution in [0.5, 0.6) is 0 Å². The van der Waals surface area contributed by atoms with Gasteiger partial charge in [-0.25, -0.2) is 0 Å². The average molecular weight is 343 g/mol. The van der Waals surface area contributed by atoms with Gasteiger partial charge in [0.15, 0.2) is 0 Å². The van der Waals surface area contributed by atoms with Gasteiger partial charge in [-0.05, 0) is 18.1 Å². The van der Waals surface area contributed by atoms with Gasteiger partial charge in [-0.3, -0.25) is 4.79 Å². The van der Waals surface area contributed by atoms with Crippen LogP contribution in [0.25, 0.3) is 0 Å². The first-order chi connectivity index (χ1) is 11.4. The zero-order chi connectivity index (χ0) is 17.3.